The Kier molecular flexibility index (Phi) is 14.2. The lowest BCUT2D eigenvalue weighted by Gasteiger charge is -2.33. The Bertz CT molecular complexity index is 1610. The van der Waals surface area contributed by atoms with Crippen molar-refractivity contribution >= 4 is 35.6 Å². The summed E-state index contributed by atoms with van der Waals surface area (Å²) >= 11 is 0. The molecule has 0 radical (unpaired) electrons. The Morgan fingerprint density at radius 2 is 1.33 bits per heavy atom. The summed E-state index contributed by atoms with van der Waals surface area (Å²) in [5.41, 5.74) is 1.76. The zero-order chi connectivity index (χ0) is 39.7. The number of hydrogen-bond donors (Lipinski definition) is 0. The third kappa shape index (κ3) is 12.7. The van der Waals surface area contributed by atoms with Crippen LogP contribution in [-0.4, -0.2) is 110 Å². The molecule has 300 valence electrons. The van der Waals surface area contributed by atoms with Gasteiger partial charge in [0.05, 0.1) is 13.2 Å². The second kappa shape index (κ2) is 18.8. The first-order valence-corrected chi connectivity index (χ1v) is 19.4. The van der Waals surface area contributed by atoms with Gasteiger partial charge in [-0.25, -0.2) is 19.2 Å². The molecule has 1 unspecified atom stereocenters. The minimum Gasteiger partial charge on any atom is -0.458 e. The molecule has 2 aromatic rings. The van der Waals surface area contributed by atoms with Crippen LogP contribution in [0.15, 0.2) is 54.6 Å². The number of nitrogens with zero attached hydrogens (tertiary/aromatic N) is 3. The maximum Gasteiger partial charge on any atom is 0.410 e. The minimum atomic E-state index is -1.33. The lowest BCUT2D eigenvalue weighted by atomic mass is 10.0. The van der Waals surface area contributed by atoms with Gasteiger partial charge in [0, 0.05) is 39.3 Å². The van der Waals surface area contributed by atoms with Crippen LogP contribution in [0.3, 0.4) is 0 Å². The summed E-state index contributed by atoms with van der Waals surface area (Å²) < 4.78 is 28.1. The number of esters is 3. The molecule has 1 saturated heterocycles. The summed E-state index contributed by atoms with van der Waals surface area (Å²) in [4.78, 5) is 73.0. The molecule has 1 aliphatic heterocycles. The molecule has 5 rings (SSSR count). The van der Waals surface area contributed by atoms with Gasteiger partial charge >= 0.3 is 24.0 Å². The number of carbonyl (C=O) groups is 5. The molecule has 3 fully saturated rings. The second-order valence-corrected chi connectivity index (χ2v) is 16.0. The molecule has 2 amide bonds. The standard InChI is InChI=1S/C42H57N3O10/c1-28(38(47)52-27-32-10-8-7-9-11-32)53-39(48)34(24-29-12-13-29)43(5)37(46)36(26-31-16-18-33(19-17-31)45-20-22-51-23-21-45)54-40(49)35(25-30-14-15-30)44(6)41(50)55-42(2,3)4/h7-11,16-19,28-30,34-36H,12-15,20-27H2,1-6H3/t28-,34+,35+,36?/m1/s1. The number of anilines is 1. The van der Waals surface area contributed by atoms with Crippen LogP contribution in [0.25, 0.3) is 0 Å². The maximum atomic E-state index is 14.5. The molecule has 0 aromatic heterocycles. The van der Waals surface area contributed by atoms with Crippen molar-refractivity contribution in [2.75, 3.05) is 45.3 Å². The minimum absolute atomic E-state index is 0.0246. The van der Waals surface area contributed by atoms with Gasteiger partial charge in [-0.15, -0.1) is 0 Å². The van der Waals surface area contributed by atoms with Crippen molar-refractivity contribution in [3.8, 4) is 0 Å². The third-order valence-corrected chi connectivity index (χ3v) is 10.1. The van der Waals surface area contributed by atoms with E-state index in [9.17, 15) is 24.0 Å². The van der Waals surface area contributed by atoms with E-state index in [0.717, 1.165) is 55.6 Å². The van der Waals surface area contributed by atoms with Crippen LogP contribution in [0, 0.1) is 11.8 Å². The van der Waals surface area contributed by atoms with Crippen molar-refractivity contribution in [2.45, 2.75) is 109 Å². The quantitative estimate of drug-likeness (QED) is 0.153. The van der Waals surface area contributed by atoms with Crippen molar-refractivity contribution in [1.82, 2.24) is 9.80 Å². The first-order valence-electron chi connectivity index (χ1n) is 19.4. The highest BCUT2D eigenvalue weighted by atomic mass is 16.6. The van der Waals surface area contributed by atoms with E-state index < -0.39 is 59.8 Å². The fourth-order valence-corrected chi connectivity index (χ4v) is 6.43. The van der Waals surface area contributed by atoms with Crippen LogP contribution in [-0.2, 0) is 55.9 Å². The highest BCUT2D eigenvalue weighted by molar-refractivity contribution is 5.90. The van der Waals surface area contributed by atoms with E-state index in [0.29, 0.717) is 26.1 Å². The Morgan fingerprint density at radius 3 is 1.89 bits per heavy atom. The van der Waals surface area contributed by atoms with Crippen LogP contribution in [0.4, 0.5) is 10.5 Å². The van der Waals surface area contributed by atoms with Crippen molar-refractivity contribution in [3.05, 3.63) is 65.7 Å². The first kappa shape index (κ1) is 41.5. The van der Waals surface area contributed by atoms with E-state index in [4.69, 9.17) is 23.7 Å². The van der Waals surface area contributed by atoms with Crippen molar-refractivity contribution in [2.24, 2.45) is 11.8 Å². The number of hydrogen-bond acceptors (Lipinski definition) is 11. The van der Waals surface area contributed by atoms with Crippen molar-refractivity contribution in [1.29, 1.82) is 0 Å². The first-order chi connectivity index (χ1) is 26.2. The smallest absolute Gasteiger partial charge is 0.410 e. The number of morpholine rings is 1. The van der Waals surface area contributed by atoms with Gasteiger partial charge in [-0.2, -0.15) is 0 Å². The van der Waals surface area contributed by atoms with Crippen molar-refractivity contribution < 1.29 is 47.7 Å². The molecule has 13 heteroatoms. The summed E-state index contributed by atoms with van der Waals surface area (Å²) in [5.74, 6) is -2.34. The number of ether oxygens (including phenoxy) is 5. The zero-order valence-corrected chi connectivity index (χ0v) is 33.1. The molecule has 2 aromatic carbocycles. The van der Waals surface area contributed by atoms with E-state index in [1.54, 1.807) is 20.8 Å². The van der Waals surface area contributed by atoms with Crippen LogP contribution in [0.1, 0.15) is 77.3 Å². The van der Waals surface area contributed by atoms with Gasteiger partial charge in [0.1, 0.15) is 24.3 Å². The van der Waals surface area contributed by atoms with Crippen LogP contribution < -0.4 is 4.90 Å². The highest BCUT2D eigenvalue weighted by Gasteiger charge is 2.42. The molecule has 2 saturated carbocycles. The molecule has 2 aliphatic carbocycles. The van der Waals surface area contributed by atoms with Gasteiger partial charge in [-0.05, 0) is 75.6 Å². The van der Waals surface area contributed by atoms with E-state index >= 15 is 0 Å². The Morgan fingerprint density at radius 1 is 0.764 bits per heavy atom. The van der Waals surface area contributed by atoms with Gasteiger partial charge in [0.15, 0.2) is 12.2 Å². The van der Waals surface area contributed by atoms with E-state index in [2.05, 4.69) is 4.90 Å². The van der Waals surface area contributed by atoms with Gasteiger partial charge < -0.3 is 33.5 Å². The van der Waals surface area contributed by atoms with Gasteiger partial charge in [0.2, 0.25) is 0 Å². The molecule has 0 bridgehead atoms. The topological polar surface area (TPSA) is 141 Å². The molecule has 3 aliphatic rings. The lowest BCUT2D eigenvalue weighted by molar-refractivity contribution is -0.174. The SMILES string of the molecule is C[C@@H](OC(=O)[C@H](CC1CC1)N(C)C(=O)C(Cc1ccc(N2CCOCC2)cc1)OC(=O)[C@H](CC1CC1)N(C)C(=O)OC(C)(C)C)C(=O)OCc1ccccc1. The molecule has 4 atom stereocenters. The van der Waals surface area contributed by atoms with E-state index in [1.165, 1.54) is 30.8 Å². The normalized spacial score (nSPS) is 17.9. The summed E-state index contributed by atoms with van der Waals surface area (Å²) in [6, 6.07) is 14.9. The van der Waals surface area contributed by atoms with Crippen LogP contribution >= 0.6 is 0 Å². The van der Waals surface area contributed by atoms with E-state index in [1.807, 2.05) is 54.6 Å². The van der Waals surface area contributed by atoms with E-state index in [-0.39, 0.29) is 24.9 Å². The molecular formula is C42H57N3O10. The predicted octanol–water partition coefficient (Wildman–Crippen LogP) is 5.32. The summed E-state index contributed by atoms with van der Waals surface area (Å²) in [6.45, 7) is 9.51. The fraction of sp³-hybridized carbons (Fsp3) is 0.595. The van der Waals surface area contributed by atoms with Crippen LogP contribution in [0.2, 0.25) is 0 Å². The largest absolute Gasteiger partial charge is 0.458 e. The average Bonchev–Trinajstić information content (AvgIpc) is 4.11. The van der Waals surface area contributed by atoms with Gasteiger partial charge in [0.25, 0.3) is 5.91 Å². The third-order valence-electron chi connectivity index (χ3n) is 10.1. The fourth-order valence-electron chi connectivity index (χ4n) is 6.43. The Balaban J connectivity index is 1.34. The van der Waals surface area contributed by atoms with Crippen LogP contribution in [0.5, 0.6) is 0 Å². The predicted molar refractivity (Wildman–Crippen MR) is 204 cm³/mol. The monoisotopic (exact) mass is 763 g/mol. The Hall–Kier alpha value is -4.65. The molecule has 0 spiro atoms. The maximum absolute atomic E-state index is 14.5. The lowest BCUT2D eigenvalue weighted by Crippen LogP contribution is -2.52. The summed E-state index contributed by atoms with van der Waals surface area (Å²) in [6.07, 6.45) is 1.15. The number of benzene rings is 2. The molecule has 1 heterocycles. The van der Waals surface area contributed by atoms with Gasteiger partial charge in [-0.3, -0.25) is 9.69 Å². The average molecular weight is 764 g/mol. The number of rotatable bonds is 17. The molecule has 13 nitrogen and oxygen atoms in total. The van der Waals surface area contributed by atoms with Crippen molar-refractivity contribution in [3.63, 3.8) is 0 Å². The number of amides is 2. The summed E-state index contributed by atoms with van der Waals surface area (Å²) in [5, 5.41) is 0. The number of likely N-dealkylation sites (N-methyl/N-ethyl adjacent to an activating group) is 2. The summed E-state index contributed by atoms with van der Waals surface area (Å²) in [7, 11) is 3.00. The van der Waals surface area contributed by atoms with Gasteiger partial charge in [-0.1, -0.05) is 68.1 Å². The second-order valence-electron chi connectivity index (χ2n) is 16.0. The zero-order valence-electron chi connectivity index (χ0n) is 33.1. The molecule has 55 heavy (non-hydrogen) atoms. The Labute approximate surface area is 324 Å². The number of carbonyl (C=O) groups excluding carboxylic acids is 5. The highest BCUT2D eigenvalue weighted by Crippen LogP contribution is 2.36. The molecular weight excluding hydrogens is 706 g/mol. The molecule has 0 N–H and O–H groups in total.